The highest BCUT2D eigenvalue weighted by Gasteiger charge is 2.25. The van der Waals surface area contributed by atoms with Gasteiger partial charge in [0.25, 0.3) is 0 Å². The van der Waals surface area contributed by atoms with Crippen molar-refractivity contribution in [2.75, 3.05) is 0 Å². The molecule has 5 heteroatoms. The molecule has 0 N–H and O–H groups in total. The molecule has 10 rings (SSSR count). The Hall–Kier alpha value is -6.59. The first-order valence-electron chi connectivity index (χ1n) is 17.0. The van der Waals surface area contributed by atoms with Crippen molar-refractivity contribution in [3.05, 3.63) is 164 Å². The fourth-order valence-electron chi connectivity index (χ4n) is 7.43. The van der Waals surface area contributed by atoms with Crippen LogP contribution < -0.4 is 0 Å². The minimum absolute atomic E-state index is 0.568. The Morgan fingerprint density at radius 3 is 2.04 bits per heavy atom. The van der Waals surface area contributed by atoms with Gasteiger partial charge in [0.2, 0.25) is 0 Å². The van der Waals surface area contributed by atoms with E-state index in [0.29, 0.717) is 17.5 Å². The maximum absolute atomic E-state index is 6.78. The lowest BCUT2D eigenvalue weighted by molar-refractivity contribution is 0.669. The molecule has 9 aromatic rings. The second-order valence-electron chi connectivity index (χ2n) is 12.7. The summed E-state index contributed by atoms with van der Waals surface area (Å²) >= 11 is 0. The average Bonchev–Trinajstić information content (AvgIpc) is 3.74. The Kier molecular flexibility index (Phi) is 6.56. The summed E-state index contributed by atoms with van der Waals surface area (Å²) in [6.45, 7) is 0. The molecule has 5 nitrogen and oxygen atoms in total. The van der Waals surface area contributed by atoms with Crippen molar-refractivity contribution in [2.24, 2.45) is 0 Å². The third kappa shape index (κ3) is 4.51. The standard InChI is InChI=1S/C45H30N4O/c1-4-15-29(16-5-1)32-23-14-25-37-40(32)35-22-10-12-24-36(35)49(37)38-28-27-34-33-21-11-13-26-39(33)50-42(34)41(38)45-47-43(30-17-6-2-7-18-30)46-44(48-45)31-19-8-3-9-20-31/h1-2,4-8,10-28H,3,9H2. The molecule has 0 amide bonds. The van der Waals surface area contributed by atoms with E-state index in [9.17, 15) is 0 Å². The molecule has 236 valence electrons. The number of benzene rings is 6. The molecular weight excluding hydrogens is 613 g/mol. The summed E-state index contributed by atoms with van der Waals surface area (Å²) in [4.78, 5) is 15.5. The third-order valence-corrected chi connectivity index (χ3v) is 9.69. The van der Waals surface area contributed by atoms with Crippen molar-refractivity contribution < 1.29 is 4.42 Å². The van der Waals surface area contributed by atoms with Crippen molar-refractivity contribution in [2.45, 2.75) is 12.8 Å². The fourth-order valence-corrected chi connectivity index (χ4v) is 7.43. The van der Waals surface area contributed by atoms with Gasteiger partial charge in [0.05, 0.1) is 22.3 Å². The summed E-state index contributed by atoms with van der Waals surface area (Å²) in [6.07, 6.45) is 8.48. The summed E-state index contributed by atoms with van der Waals surface area (Å²) in [6, 6.07) is 48.6. The molecule has 3 aromatic heterocycles. The molecule has 0 fully saturated rings. The van der Waals surface area contributed by atoms with Crippen LogP contribution in [-0.2, 0) is 0 Å². The van der Waals surface area contributed by atoms with Crippen LogP contribution in [0.1, 0.15) is 18.7 Å². The first-order chi connectivity index (χ1) is 24.8. The van der Waals surface area contributed by atoms with E-state index in [0.717, 1.165) is 68.2 Å². The van der Waals surface area contributed by atoms with E-state index < -0.39 is 0 Å². The lowest BCUT2D eigenvalue weighted by Crippen LogP contribution is -2.05. The highest BCUT2D eigenvalue weighted by Crippen LogP contribution is 2.44. The van der Waals surface area contributed by atoms with E-state index in [1.807, 2.05) is 30.3 Å². The van der Waals surface area contributed by atoms with Crippen molar-refractivity contribution in [1.82, 2.24) is 19.5 Å². The number of furan rings is 1. The smallest absolute Gasteiger partial charge is 0.170 e. The van der Waals surface area contributed by atoms with Gasteiger partial charge in [-0.2, -0.15) is 0 Å². The van der Waals surface area contributed by atoms with Gasteiger partial charge in [0, 0.05) is 32.7 Å². The number of nitrogens with zero attached hydrogens (tertiary/aromatic N) is 4. The SMILES string of the molecule is C1=CC(c2nc(-c3ccccc3)nc(-c3c(-n4c5ccccc5c5c(-c6ccccc6)cccc54)ccc4c3oc3ccccc34)n2)=CCC1. The molecule has 0 atom stereocenters. The van der Waals surface area contributed by atoms with Gasteiger partial charge in [-0.05, 0) is 54.3 Å². The van der Waals surface area contributed by atoms with Crippen LogP contribution in [-0.4, -0.2) is 19.5 Å². The van der Waals surface area contributed by atoms with E-state index >= 15 is 0 Å². The minimum Gasteiger partial charge on any atom is -0.455 e. The molecule has 1 aliphatic carbocycles. The quantitative estimate of drug-likeness (QED) is 0.187. The van der Waals surface area contributed by atoms with Crippen LogP contribution in [0.4, 0.5) is 0 Å². The summed E-state index contributed by atoms with van der Waals surface area (Å²) in [5, 5.41) is 4.45. The van der Waals surface area contributed by atoms with E-state index in [1.54, 1.807) is 0 Å². The lowest BCUT2D eigenvalue weighted by atomic mass is 9.99. The third-order valence-electron chi connectivity index (χ3n) is 9.69. The molecule has 0 bridgehead atoms. The molecule has 6 aromatic carbocycles. The molecule has 0 unspecified atom stereocenters. The normalized spacial score (nSPS) is 13.1. The molecule has 0 saturated heterocycles. The summed E-state index contributed by atoms with van der Waals surface area (Å²) < 4.78 is 9.13. The van der Waals surface area contributed by atoms with Gasteiger partial charge in [0.15, 0.2) is 17.5 Å². The van der Waals surface area contributed by atoms with Crippen LogP contribution in [0.2, 0.25) is 0 Å². The second-order valence-corrected chi connectivity index (χ2v) is 12.7. The van der Waals surface area contributed by atoms with E-state index in [-0.39, 0.29) is 0 Å². The molecule has 3 heterocycles. The number of allylic oxidation sites excluding steroid dienone is 4. The monoisotopic (exact) mass is 642 g/mol. The van der Waals surface area contributed by atoms with Gasteiger partial charge < -0.3 is 8.98 Å². The molecule has 1 aliphatic rings. The molecule has 0 saturated carbocycles. The van der Waals surface area contributed by atoms with Crippen molar-refractivity contribution in [3.8, 4) is 39.6 Å². The summed E-state index contributed by atoms with van der Waals surface area (Å²) in [5.41, 5.74) is 9.83. The maximum Gasteiger partial charge on any atom is 0.170 e. The van der Waals surface area contributed by atoms with Crippen molar-refractivity contribution in [1.29, 1.82) is 0 Å². The largest absolute Gasteiger partial charge is 0.455 e. The number of hydrogen-bond donors (Lipinski definition) is 0. The van der Waals surface area contributed by atoms with Gasteiger partial charge in [0.1, 0.15) is 11.2 Å². The number of aromatic nitrogens is 4. The zero-order chi connectivity index (χ0) is 33.0. The predicted molar refractivity (Wildman–Crippen MR) is 204 cm³/mol. The molecule has 0 aliphatic heterocycles. The Morgan fingerprint density at radius 1 is 0.520 bits per heavy atom. The highest BCUT2D eigenvalue weighted by atomic mass is 16.3. The van der Waals surface area contributed by atoms with E-state index in [2.05, 4.69) is 132 Å². The van der Waals surface area contributed by atoms with Crippen LogP contribution in [0.3, 0.4) is 0 Å². The van der Waals surface area contributed by atoms with Crippen molar-refractivity contribution >= 4 is 49.3 Å². The number of rotatable bonds is 5. The fraction of sp³-hybridized carbons (Fsp3) is 0.0444. The second kappa shape index (κ2) is 11.5. The molecular formula is C45H30N4O. The predicted octanol–water partition coefficient (Wildman–Crippen LogP) is 11.6. The van der Waals surface area contributed by atoms with E-state index in [4.69, 9.17) is 19.4 Å². The van der Waals surface area contributed by atoms with Crippen LogP contribution in [0.15, 0.2) is 162 Å². The van der Waals surface area contributed by atoms with Crippen LogP contribution in [0.5, 0.6) is 0 Å². The number of para-hydroxylation sites is 2. The maximum atomic E-state index is 6.78. The van der Waals surface area contributed by atoms with Gasteiger partial charge in [-0.25, -0.2) is 15.0 Å². The zero-order valence-electron chi connectivity index (χ0n) is 27.1. The van der Waals surface area contributed by atoms with Crippen LogP contribution >= 0.6 is 0 Å². The Bertz CT molecular complexity index is 2810. The topological polar surface area (TPSA) is 56.7 Å². The Balaban J connectivity index is 1.34. The summed E-state index contributed by atoms with van der Waals surface area (Å²) in [7, 11) is 0. The first kappa shape index (κ1) is 28.4. The Morgan fingerprint density at radius 2 is 1.22 bits per heavy atom. The van der Waals surface area contributed by atoms with Crippen LogP contribution in [0.25, 0.3) is 88.9 Å². The minimum atomic E-state index is 0.568. The first-order valence-corrected chi connectivity index (χ1v) is 17.0. The molecule has 50 heavy (non-hydrogen) atoms. The van der Waals surface area contributed by atoms with Gasteiger partial charge in [-0.3, -0.25) is 0 Å². The van der Waals surface area contributed by atoms with Gasteiger partial charge in [-0.15, -0.1) is 0 Å². The van der Waals surface area contributed by atoms with Crippen molar-refractivity contribution in [3.63, 3.8) is 0 Å². The van der Waals surface area contributed by atoms with Gasteiger partial charge in [-0.1, -0.05) is 127 Å². The van der Waals surface area contributed by atoms with E-state index in [1.165, 1.54) is 21.9 Å². The lowest BCUT2D eigenvalue weighted by Gasteiger charge is -2.16. The van der Waals surface area contributed by atoms with Crippen LogP contribution in [0, 0.1) is 0 Å². The zero-order valence-corrected chi connectivity index (χ0v) is 27.1. The highest BCUT2D eigenvalue weighted by molar-refractivity contribution is 6.17. The number of hydrogen-bond acceptors (Lipinski definition) is 4. The molecule has 0 spiro atoms. The Labute approximate surface area is 288 Å². The molecule has 0 radical (unpaired) electrons. The average molecular weight is 643 g/mol. The van der Waals surface area contributed by atoms with Gasteiger partial charge >= 0.3 is 0 Å². The summed E-state index contributed by atoms with van der Waals surface area (Å²) in [5.74, 6) is 1.84. The number of fused-ring (bicyclic) bond motifs is 6.